The van der Waals surface area contributed by atoms with E-state index in [1.165, 1.54) is 11.6 Å². The van der Waals surface area contributed by atoms with Crippen molar-refractivity contribution in [3.63, 3.8) is 0 Å². The van der Waals surface area contributed by atoms with Crippen molar-refractivity contribution in [1.82, 2.24) is 0 Å². The van der Waals surface area contributed by atoms with Gasteiger partial charge in [0.2, 0.25) is 0 Å². The van der Waals surface area contributed by atoms with Gasteiger partial charge < -0.3 is 10.2 Å². The first-order valence-electron chi connectivity index (χ1n) is 8.79. The summed E-state index contributed by atoms with van der Waals surface area (Å²) in [4.78, 5) is 27.1. The van der Waals surface area contributed by atoms with Gasteiger partial charge in [0.05, 0.1) is 10.6 Å². The van der Waals surface area contributed by atoms with Gasteiger partial charge in [0.15, 0.2) is 0 Å². The van der Waals surface area contributed by atoms with Crippen LogP contribution in [0.3, 0.4) is 0 Å². The zero-order chi connectivity index (χ0) is 19.7. The lowest BCUT2D eigenvalue weighted by molar-refractivity contribution is 0.0988. The monoisotopic (exact) mass is 410 g/mol. The summed E-state index contributed by atoms with van der Waals surface area (Å²) in [7, 11) is 0. The third-order valence-electron chi connectivity index (χ3n) is 4.70. The summed E-state index contributed by atoms with van der Waals surface area (Å²) < 4.78 is 0. The molecular weight excluding hydrogens is 395 g/mol. The summed E-state index contributed by atoms with van der Waals surface area (Å²) >= 11 is 12.0. The number of rotatable bonds is 3. The molecule has 0 atom stereocenters. The molecule has 0 bridgehead atoms. The standard InChI is InChI=1S/C22H16Cl2N2O2/c23-16-7-10-19(24)18(13-16)21(27)25-17-8-5-15(6-9-17)22(28)26-12-11-14-3-1-2-4-20(14)26/h1-10,13H,11-12H2,(H,25,27). The number of carbonyl (C=O) groups is 2. The van der Waals surface area contributed by atoms with Crippen molar-refractivity contribution in [2.24, 2.45) is 0 Å². The van der Waals surface area contributed by atoms with Gasteiger partial charge in [0.1, 0.15) is 0 Å². The largest absolute Gasteiger partial charge is 0.322 e. The Morgan fingerprint density at radius 3 is 2.46 bits per heavy atom. The maximum atomic E-state index is 12.9. The number of fused-ring (bicyclic) bond motifs is 1. The van der Waals surface area contributed by atoms with Crippen molar-refractivity contribution in [2.45, 2.75) is 6.42 Å². The first-order valence-corrected chi connectivity index (χ1v) is 9.55. The lowest BCUT2D eigenvalue weighted by Crippen LogP contribution is -2.28. The van der Waals surface area contributed by atoms with E-state index in [1.54, 1.807) is 41.3 Å². The number of nitrogens with zero attached hydrogens (tertiary/aromatic N) is 1. The van der Waals surface area contributed by atoms with E-state index >= 15 is 0 Å². The smallest absolute Gasteiger partial charge is 0.258 e. The van der Waals surface area contributed by atoms with Gasteiger partial charge in [-0.15, -0.1) is 0 Å². The van der Waals surface area contributed by atoms with Crippen LogP contribution in [-0.4, -0.2) is 18.4 Å². The lowest BCUT2D eigenvalue weighted by Gasteiger charge is -2.17. The van der Waals surface area contributed by atoms with E-state index in [0.717, 1.165) is 12.1 Å². The van der Waals surface area contributed by atoms with Gasteiger partial charge in [-0.25, -0.2) is 0 Å². The Balaban J connectivity index is 1.49. The van der Waals surface area contributed by atoms with Crippen molar-refractivity contribution in [3.05, 3.63) is 93.5 Å². The van der Waals surface area contributed by atoms with E-state index in [9.17, 15) is 9.59 Å². The van der Waals surface area contributed by atoms with Gasteiger partial charge in [0.25, 0.3) is 11.8 Å². The molecule has 28 heavy (non-hydrogen) atoms. The summed E-state index contributed by atoms with van der Waals surface area (Å²) in [6.07, 6.45) is 0.858. The molecule has 1 N–H and O–H groups in total. The molecule has 1 heterocycles. The highest BCUT2D eigenvalue weighted by molar-refractivity contribution is 6.36. The minimum atomic E-state index is -0.361. The molecule has 0 aromatic heterocycles. The number of benzene rings is 3. The van der Waals surface area contributed by atoms with E-state index in [4.69, 9.17) is 23.2 Å². The van der Waals surface area contributed by atoms with Crippen LogP contribution in [0.25, 0.3) is 0 Å². The van der Waals surface area contributed by atoms with Gasteiger partial charge in [-0.2, -0.15) is 0 Å². The van der Waals surface area contributed by atoms with Crippen LogP contribution in [0.4, 0.5) is 11.4 Å². The summed E-state index contributed by atoms with van der Waals surface area (Å²) in [5, 5.41) is 3.52. The molecule has 2 amide bonds. The van der Waals surface area contributed by atoms with Crippen LogP contribution < -0.4 is 10.2 Å². The number of hydrogen-bond acceptors (Lipinski definition) is 2. The van der Waals surface area contributed by atoms with Crippen molar-refractivity contribution in [3.8, 4) is 0 Å². The summed E-state index contributed by atoms with van der Waals surface area (Å²) in [5.74, 6) is -0.416. The van der Waals surface area contributed by atoms with Crippen molar-refractivity contribution < 1.29 is 9.59 Å². The summed E-state index contributed by atoms with van der Waals surface area (Å²) in [6.45, 7) is 0.671. The third kappa shape index (κ3) is 3.61. The molecular formula is C22H16Cl2N2O2. The molecule has 1 aliphatic rings. The summed E-state index contributed by atoms with van der Waals surface area (Å²) in [6, 6.07) is 19.5. The molecule has 140 valence electrons. The zero-order valence-electron chi connectivity index (χ0n) is 14.8. The van der Waals surface area contributed by atoms with Gasteiger partial charge >= 0.3 is 0 Å². The molecule has 0 fully saturated rings. The molecule has 0 aliphatic carbocycles. The quantitative estimate of drug-likeness (QED) is 0.623. The normalized spacial score (nSPS) is 12.6. The second-order valence-electron chi connectivity index (χ2n) is 6.49. The first kappa shape index (κ1) is 18.5. The molecule has 0 saturated heterocycles. The minimum absolute atomic E-state index is 0.0549. The Hall–Kier alpha value is -2.82. The van der Waals surface area contributed by atoms with Gasteiger partial charge in [0, 0.05) is 28.5 Å². The summed E-state index contributed by atoms with van der Waals surface area (Å²) in [5.41, 5.74) is 3.57. The maximum Gasteiger partial charge on any atom is 0.258 e. The van der Waals surface area contributed by atoms with E-state index in [2.05, 4.69) is 5.32 Å². The van der Waals surface area contributed by atoms with Crippen molar-refractivity contribution in [2.75, 3.05) is 16.8 Å². The molecule has 0 saturated carbocycles. The number of amides is 2. The average molecular weight is 411 g/mol. The van der Waals surface area contributed by atoms with E-state index in [-0.39, 0.29) is 11.8 Å². The topological polar surface area (TPSA) is 49.4 Å². The number of anilines is 2. The Kier molecular flexibility index (Phi) is 5.07. The number of halogens is 2. The SMILES string of the molecule is O=C(Nc1ccc(C(=O)N2CCc3ccccc32)cc1)c1cc(Cl)ccc1Cl. The van der Waals surface area contributed by atoms with Gasteiger partial charge in [-0.05, 0) is 60.5 Å². The highest BCUT2D eigenvalue weighted by atomic mass is 35.5. The fourth-order valence-electron chi connectivity index (χ4n) is 3.27. The second-order valence-corrected chi connectivity index (χ2v) is 7.33. The maximum absolute atomic E-state index is 12.9. The first-order chi connectivity index (χ1) is 13.5. The molecule has 0 unspecified atom stereocenters. The fraction of sp³-hybridized carbons (Fsp3) is 0.0909. The van der Waals surface area contributed by atoms with Crippen molar-refractivity contribution >= 4 is 46.4 Å². The van der Waals surface area contributed by atoms with Crippen LogP contribution in [0.2, 0.25) is 10.0 Å². The van der Waals surface area contributed by atoms with E-state index in [1.807, 2.05) is 24.3 Å². The third-order valence-corrected chi connectivity index (χ3v) is 5.26. The zero-order valence-corrected chi connectivity index (χ0v) is 16.3. The average Bonchev–Trinajstić information content (AvgIpc) is 3.14. The lowest BCUT2D eigenvalue weighted by atomic mass is 10.1. The number of hydrogen-bond donors (Lipinski definition) is 1. The minimum Gasteiger partial charge on any atom is -0.322 e. The van der Waals surface area contributed by atoms with E-state index < -0.39 is 0 Å². The molecule has 1 aliphatic heterocycles. The fourth-order valence-corrected chi connectivity index (χ4v) is 3.65. The van der Waals surface area contributed by atoms with Crippen LogP contribution in [0.15, 0.2) is 66.7 Å². The number of para-hydroxylation sites is 1. The van der Waals surface area contributed by atoms with Crippen LogP contribution >= 0.6 is 23.2 Å². The van der Waals surface area contributed by atoms with Crippen molar-refractivity contribution in [1.29, 1.82) is 0 Å². The molecule has 3 aromatic rings. The van der Waals surface area contributed by atoms with Crippen LogP contribution in [0.1, 0.15) is 26.3 Å². The highest BCUT2D eigenvalue weighted by Crippen LogP contribution is 2.29. The molecule has 0 spiro atoms. The molecule has 4 nitrogen and oxygen atoms in total. The van der Waals surface area contributed by atoms with Crippen LogP contribution in [0, 0.1) is 0 Å². The Bertz CT molecular complexity index is 1060. The number of nitrogens with one attached hydrogen (secondary N) is 1. The Morgan fingerprint density at radius 1 is 0.929 bits per heavy atom. The van der Waals surface area contributed by atoms with Gasteiger partial charge in [-0.3, -0.25) is 9.59 Å². The highest BCUT2D eigenvalue weighted by Gasteiger charge is 2.25. The predicted octanol–water partition coefficient (Wildman–Crippen LogP) is 5.45. The van der Waals surface area contributed by atoms with Gasteiger partial charge in [-0.1, -0.05) is 41.4 Å². The Morgan fingerprint density at radius 2 is 1.68 bits per heavy atom. The number of carbonyl (C=O) groups excluding carboxylic acids is 2. The van der Waals surface area contributed by atoms with Crippen LogP contribution in [-0.2, 0) is 6.42 Å². The molecule has 3 aromatic carbocycles. The Labute approximate surface area is 172 Å². The molecule has 0 radical (unpaired) electrons. The second kappa shape index (κ2) is 7.66. The van der Waals surface area contributed by atoms with E-state index in [0.29, 0.717) is 33.4 Å². The molecule has 6 heteroatoms. The predicted molar refractivity (Wildman–Crippen MR) is 113 cm³/mol. The van der Waals surface area contributed by atoms with Crippen LogP contribution in [0.5, 0.6) is 0 Å². The molecule has 4 rings (SSSR count).